The largest absolute Gasteiger partial charge is 0.305 e. The van der Waals surface area contributed by atoms with Crippen LogP contribution in [-0.4, -0.2) is 4.36 Å². The summed E-state index contributed by atoms with van der Waals surface area (Å²) in [4.78, 5) is 0. The summed E-state index contributed by atoms with van der Waals surface area (Å²) in [5.41, 5.74) is 2.04. The van der Waals surface area contributed by atoms with E-state index < -0.39 is 0 Å². The van der Waals surface area contributed by atoms with Gasteiger partial charge in [0, 0.05) is 0 Å². The molecular weight excluding hydrogens is 327 g/mol. The van der Waals surface area contributed by atoms with Gasteiger partial charge in [-0.15, -0.1) is 31.5 Å². The maximum absolute atomic E-state index is 3.79. The van der Waals surface area contributed by atoms with E-state index in [9.17, 15) is 0 Å². The predicted octanol–water partition coefficient (Wildman–Crippen LogP) is 5.57. The van der Waals surface area contributed by atoms with Gasteiger partial charge < -0.3 is 0 Å². The molecule has 16 heavy (non-hydrogen) atoms. The quantitative estimate of drug-likeness (QED) is 0.429. The Balaban J connectivity index is 2.24. The van der Waals surface area contributed by atoms with Gasteiger partial charge in [-0.05, 0) is 29.5 Å². The lowest BCUT2D eigenvalue weighted by atomic mass is 9.54. The minimum Gasteiger partial charge on any atom is -0.139 e. The van der Waals surface area contributed by atoms with Gasteiger partial charge in [0.2, 0.25) is 0 Å². The molecule has 0 aliphatic heterocycles. The summed E-state index contributed by atoms with van der Waals surface area (Å²) in [6.45, 7) is 7.04. The van der Waals surface area contributed by atoms with Crippen molar-refractivity contribution < 1.29 is 0 Å². The molecule has 0 radical (unpaired) electrons. The second-order valence-corrected chi connectivity index (χ2v) is 9.57. The van der Waals surface area contributed by atoms with Crippen LogP contribution in [0, 0.1) is 11.3 Å². The highest BCUT2D eigenvalue weighted by Gasteiger charge is 2.50. The first kappa shape index (κ1) is 13.2. The maximum Gasteiger partial charge on any atom is 0.305 e. The topological polar surface area (TPSA) is 0 Å². The minimum atomic E-state index is 0.364. The van der Waals surface area contributed by atoms with Gasteiger partial charge in [0.15, 0.2) is 0 Å². The van der Waals surface area contributed by atoms with E-state index in [0.717, 1.165) is 5.92 Å². The molecule has 0 bridgehead atoms. The summed E-state index contributed by atoms with van der Waals surface area (Å²) in [5.74, 6) is 0.885. The molecule has 0 nitrogen and oxygen atoms in total. The van der Waals surface area contributed by atoms with E-state index in [2.05, 4.69) is 58.4 Å². The summed E-state index contributed by atoms with van der Waals surface area (Å²) in [5, 5.41) is 0.495. The van der Waals surface area contributed by atoms with Gasteiger partial charge in [-0.2, -0.15) is 0 Å². The summed E-state index contributed by atoms with van der Waals surface area (Å²) < 4.78 is 0.484. The van der Waals surface area contributed by atoms with Crippen LogP contribution in [0.2, 0.25) is 5.31 Å². The van der Waals surface area contributed by atoms with E-state index >= 15 is 0 Å². The summed E-state index contributed by atoms with van der Waals surface area (Å²) in [7, 11) is 0. The Labute approximate surface area is 117 Å². The second-order valence-electron chi connectivity index (χ2n) is 6.51. The van der Waals surface area contributed by atoms with Crippen LogP contribution in [0.15, 0.2) is 11.6 Å². The third-order valence-corrected chi connectivity index (χ3v) is 6.42. The molecule has 0 saturated heterocycles. The highest BCUT2D eigenvalue weighted by Crippen LogP contribution is 2.62. The van der Waals surface area contributed by atoms with Crippen LogP contribution in [-0.2, 0) is 0 Å². The van der Waals surface area contributed by atoms with E-state index in [4.69, 9.17) is 0 Å². The van der Waals surface area contributed by atoms with Crippen molar-refractivity contribution in [3.8, 4) is 0 Å². The molecule has 0 unspecified atom stereocenters. The highest BCUT2D eigenvalue weighted by atomic mass is 79.9. The molecule has 1 saturated carbocycles. The number of rotatable bonds is 1. The highest BCUT2D eigenvalue weighted by molar-refractivity contribution is 9.49. The van der Waals surface area contributed by atoms with Crippen molar-refractivity contribution >= 4 is 35.9 Å². The van der Waals surface area contributed by atoms with E-state index in [1.807, 2.05) is 0 Å². The molecule has 0 heterocycles. The van der Waals surface area contributed by atoms with Gasteiger partial charge in [0.1, 0.15) is 0 Å². The molecule has 1 fully saturated rings. The zero-order valence-electron chi connectivity index (χ0n) is 10.5. The van der Waals surface area contributed by atoms with E-state index in [1.165, 1.54) is 32.1 Å². The van der Waals surface area contributed by atoms with Crippen LogP contribution in [0.3, 0.4) is 0 Å². The third-order valence-electron chi connectivity index (χ3n) is 4.60. The number of fused-ring (bicyclic) bond motifs is 1. The average molecular weight is 348 g/mol. The molecule has 0 spiro atoms. The maximum atomic E-state index is 3.79. The molecule has 3 heteroatoms. The normalized spacial score (nSPS) is 34.6. The Bertz CT molecular complexity index is 304. The molecule has 2 atom stereocenters. The van der Waals surface area contributed by atoms with Crippen molar-refractivity contribution in [3.63, 3.8) is 0 Å². The lowest BCUT2D eigenvalue weighted by Gasteiger charge is -2.42. The second kappa shape index (κ2) is 4.46. The first-order valence-electron chi connectivity index (χ1n) is 6.34. The molecule has 0 aromatic heterocycles. The molecule has 2 rings (SSSR count). The van der Waals surface area contributed by atoms with Crippen LogP contribution in [0.5, 0.6) is 0 Å². The molecule has 0 amide bonds. The number of hydrogen-bond acceptors (Lipinski definition) is 0. The number of hydrogen-bond donors (Lipinski definition) is 0. The summed E-state index contributed by atoms with van der Waals surface area (Å²) >= 11 is 7.58. The first-order chi connectivity index (χ1) is 7.36. The SMILES string of the molecule is CC(C)(C)C1=CC[C@@]2(B(Br)Br)CCC[C@H]2C1. The van der Waals surface area contributed by atoms with Gasteiger partial charge >= 0.3 is 4.36 Å². The summed E-state index contributed by atoms with van der Waals surface area (Å²) in [6.07, 6.45) is 9.30. The summed E-state index contributed by atoms with van der Waals surface area (Å²) in [6, 6.07) is 0. The molecule has 0 aromatic rings. The van der Waals surface area contributed by atoms with Crippen LogP contribution < -0.4 is 0 Å². The van der Waals surface area contributed by atoms with Crippen molar-refractivity contribution in [1.82, 2.24) is 0 Å². The third kappa shape index (κ3) is 2.19. The van der Waals surface area contributed by atoms with Gasteiger partial charge in [-0.1, -0.05) is 51.7 Å². The smallest absolute Gasteiger partial charge is 0.139 e. The predicted molar refractivity (Wildman–Crippen MR) is 80.4 cm³/mol. The fourth-order valence-corrected chi connectivity index (χ4v) is 4.97. The average Bonchev–Trinajstić information content (AvgIpc) is 2.59. The van der Waals surface area contributed by atoms with Crippen LogP contribution in [0.4, 0.5) is 0 Å². The lowest BCUT2D eigenvalue weighted by molar-refractivity contribution is 0.344. The van der Waals surface area contributed by atoms with Gasteiger partial charge in [0.05, 0.1) is 0 Å². The van der Waals surface area contributed by atoms with E-state index in [0.29, 0.717) is 15.1 Å². The Morgan fingerprint density at radius 2 is 2.06 bits per heavy atom. The standard InChI is InChI=1S/C13H21BBr2/c1-12(2,3)10-6-8-13(14(15)16)7-4-5-11(13)9-10/h6,11H,4-5,7-9H2,1-3H3/t11-,13-/m0/s1. The van der Waals surface area contributed by atoms with E-state index in [-0.39, 0.29) is 0 Å². The fraction of sp³-hybridized carbons (Fsp3) is 0.846. The molecule has 90 valence electrons. The Hall–Kier alpha value is 0.765. The zero-order chi connectivity index (χ0) is 12.0. The lowest BCUT2D eigenvalue weighted by Crippen LogP contribution is -2.32. The Morgan fingerprint density at radius 3 is 2.62 bits per heavy atom. The van der Waals surface area contributed by atoms with E-state index in [1.54, 1.807) is 5.57 Å². The van der Waals surface area contributed by atoms with Crippen molar-refractivity contribution in [2.45, 2.75) is 58.2 Å². The zero-order valence-corrected chi connectivity index (χ0v) is 13.7. The monoisotopic (exact) mass is 346 g/mol. The van der Waals surface area contributed by atoms with Gasteiger partial charge in [-0.25, -0.2) is 0 Å². The number of halogens is 2. The van der Waals surface area contributed by atoms with Gasteiger partial charge in [-0.3, -0.25) is 0 Å². The molecule has 2 aliphatic carbocycles. The van der Waals surface area contributed by atoms with Crippen LogP contribution >= 0.6 is 31.5 Å². The Kier molecular flexibility index (Phi) is 3.68. The first-order valence-corrected chi connectivity index (χ1v) is 8.17. The van der Waals surface area contributed by atoms with Crippen molar-refractivity contribution in [2.75, 3.05) is 0 Å². The van der Waals surface area contributed by atoms with Crippen molar-refractivity contribution in [1.29, 1.82) is 0 Å². The van der Waals surface area contributed by atoms with Crippen LogP contribution in [0.25, 0.3) is 0 Å². The molecular formula is C13H21BBr2. The van der Waals surface area contributed by atoms with Crippen molar-refractivity contribution in [3.05, 3.63) is 11.6 Å². The van der Waals surface area contributed by atoms with Crippen LogP contribution in [0.1, 0.15) is 52.9 Å². The van der Waals surface area contributed by atoms with Crippen molar-refractivity contribution in [2.24, 2.45) is 11.3 Å². The number of allylic oxidation sites excluding steroid dienone is 2. The molecule has 0 N–H and O–H groups in total. The minimum absolute atomic E-state index is 0.364. The Morgan fingerprint density at radius 1 is 1.38 bits per heavy atom. The molecule has 2 aliphatic rings. The fourth-order valence-electron chi connectivity index (χ4n) is 3.39. The molecule has 0 aromatic carbocycles. The van der Waals surface area contributed by atoms with Gasteiger partial charge in [0.25, 0.3) is 0 Å².